The summed E-state index contributed by atoms with van der Waals surface area (Å²) < 4.78 is 15.3. The monoisotopic (exact) mass is 314 g/mol. The van der Waals surface area contributed by atoms with Crippen molar-refractivity contribution in [2.75, 3.05) is 6.54 Å². The second-order valence-electron chi connectivity index (χ2n) is 6.40. The molecule has 0 bridgehead atoms. The summed E-state index contributed by atoms with van der Waals surface area (Å²) in [5, 5.41) is 2.95. The number of rotatable bonds is 6. The maximum atomic E-state index is 12.8. The van der Waals surface area contributed by atoms with Gasteiger partial charge in [0.2, 0.25) is 5.91 Å². The Labute approximate surface area is 136 Å². The van der Waals surface area contributed by atoms with Crippen molar-refractivity contribution < 1.29 is 9.18 Å². The topological polar surface area (TPSA) is 34.0 Å². The van der Waals surface area contributed by atoms with E-state index in [0.29, 0.717) is 19.0 Å². The normalized spacial score (nSPS) is 14.0. The number of benzene rings is 1. The summed E-state index contributed by atoms with van der Waals surface area (Å²) in [6.45, 7) is 4.96. The molecule has 1 N–H and O–H groups in total. The van der Waals surface area contributed by atoms with Crippen LogP contribution in [0.25, 0.3) is 0 Å². The summed E-state index contributed by atoms with van der Waals surface area (Å²) >= 11 is 0. The van der Waals surface area contributed by atoms with E-state index < -0.39 is 0 Å². The van der Waals surface area contributed by atoms with Gasteiger partial charge < -0.3 is 9.88 Å². The highest BCUT2D eigenvalue weighted by atomic mass is 19.1. The van der Waals surface area contributed by atoms with Crippen molar-refractivity contribution in [2.45, 2.75) is 45.6 Å². The molecular formula is C19H23FN2O. The first-order chi connectivity index (χ1) is 11.0. The smallest absolute Gasteiger partial charge is 0.224 e. The highest BCUT2D eigenvalue weighted by molar-refractivity contribution is 5.78. The Morgan fingerprint density at radius 1 is 1.26 bits per heavy atom. The Balaban J connectivity index is 1.50. The van der Waals surface area contributed by atoms with Crippen LogP contribution in [-0.2, 0) is 17.6 Å². The van der Waals surface area contributed by atoms with Gasteiger partial charge in [0.05, 0.1) is 6.42 Å². The molecule has 0 saturated heterocycles. The number of hydrogen-bond acceptors (Lipinski definition) is 1. The summed E-state index contributed by atoms with van der Waals surface area (Å²) in [5.41, 5.74) is 4.79. The van der Waals surface area contributed by atoms with Crippen molar-refractivity contribution in [1.29, 1.82) is 0 Å². The van der Waals surface area contributed by atoms with E-state index in [1.165, 1.54) is 41.9 Å². The van der Waals surface area contributed by atoms with Crippen LogP contribution >= 0.6 is 0 Å². The fourth-order valence-corrected chi connectivity index (χ4v) is 3.18. The van der Waals surface area contributed by atoms with E-state index in [-0.39, 0.29) is 11.7 Å². The molecule has 2 aromatic rings. The van der Waals surface area contributed by atoms with Crippen LogP contribution in [0.3, 0.4) is 0 Å². The Bertz CT molecular complexity index is 699. The Hall–Kier alpha value is -2.10. The number of aromatic nitrogens is 1. The Morgan fingerprint density at radius 3 is 2.61 bits per heavy atom. The zero-order valence-corrected chi connectivity index (χ0v) is 13.7. The standard InChI is InChI=1S/C19H23FN2O/c1-13-11-16(14(2)22(13)18-7-8-18)9-10-21-19(23)12-15-3-5-17(20)6-4-15/h3-6,11,18H,7-10,12H2,1-2H3,(H,21,23). The number of nitrogens with zero attached hydrogens (tertiary/aromatic N) is 1. The van der Waals surface area contributed by atoms with Gasteiger partial charge in [-0.25, -0.2) is 4.39 Å². The first-order valence-corrected chi connectivity index (χ1v) is 8.23. The van der Waals surface area contributed by atoms with Gasteiger partial charge in [0.15, 0.2) is 0 Å². The maximum absolute atomic E-state index is 12.8. The molecule has 23 heavy (non-hydrogen) atoms. The molecule has 0 unspecified atom stereocenters. The summed E-state index contributed by atoms with van der Waals surface area (Å²) in [4.78, 5) is 12.0. The lowest BCUT2D eigenvalue weighted by molar-refractivity contribution is -0.120. The van der Waals surface area contributed by atoms with E-state index in [1.807, 2.05) is 0 Å². The van der Waals surface area contributed by atoms with Crippen molar-refractivity contribution in [3.05, 3.63) is 58.7 Å². The van der Waals surface area contributed by atoms with Crippen LogP contribution < -0.4 is 5.32 Å². The fraction of sp³-hybridized carbons (Fsp3) is 0.421. The summed E-state index contributed by atoms with van der Waals surface area (Å²) in [5.74, 6) is -0.298. The van der Waals surface area contributed by atoms with Gasteiger partial charge in [0, 0.05) is 24.0 Å². The molecule has 1 aromatic carbocycles. The number of aryl methyl sites for hydroxylation is 1. The van der Waals surface area contributed by atoms with Gasteiger partial charge >= 0.3 is 0 Å². The number of halogens is 1. The van der Waals surface area contributed by atoms with E-state index in [1.54, 1.807) is 12.1 Å². The molecule has 0 aliphatic heterocycles. The first-order valence-electron chi connectivity index (χ1n) is 8.23. The Morgan fingerprint density at radius 2 is 1.96 bits per heavy atom. The molecule has 1 amide bonds. The van der Waals surface area contributed by atoms with E-state index >= 15 is 0 Å². The van der Waals surface area contributed by atoms with Crippen LogP contribution in [0, 0.1) is 19.7 Å². The lowest BCUT2D eigenvalue weighted by atomic mass is 10.1. The minimum Gasteiger partial charge on any atom is -0.355 e. The van der Waals surface area contributed by atoms with Crippen molar-refractivity contribution in [1.82, 2.24) is 9.88 Å². The fourth-order valence-electron chi connectivity index (χ4n) is 3.18. The van der Waals surface area contributed by atoms with Crippen molar-refractivity contribution >= 4 is 5.91 Å². The highest BCUT2D eigenvalue weighted by Crippen LogP contribution is 2.38. The van der Waals surface area contributed by atoms with E-state index in [4.69, 9.17) is 0 Å². The molecule has 3 nitrogen and oxygen atoms in total. The van der Waals surface area contributed by atoms with E-state index in [0.717, 1.165) is 12.0 Å². The van der Waals surface area contributed by atoms with Gasteiger partial charge in [-0.1, -0.05) is 12.1 Å². The van der Waals surface area contributed by atoms with Crippen LogP contribution in [-0.4, -0.2) is 17.0 Å². The SMILES string of the molecule is Cc1cc(CCNC(=O)Cc2ccc(F)cc2)c(C)n1C1CC1. The number of hydrogen-bond donors (Lipinski definition) is 1. The van der Waals surface area contributed by atoms with Gasteiger partial charge in [-0.05, 0) is 62.4 Å². The second kappa shape index (κ2) is 6.57. The van der Waals surface area contributed by atoms with Gasteiger partial charge in [0.1, 0.15) is 5.82 Å². The number of amides is 1. The highest BCUT2D eigenvalue weighted by Gasteiger charge is 2.26. The molecule has 0 radical (unpaired) electrons. The van der Waals surface area contributed by atoms with E-state index in [2.05, 4.69) is 29.8 Å². The van der Waals surface area contributed by atoms with E-state index in [9.17, 15) is 9.18 Å². The maximum Gasteiger partial charge on any atom is 0.224 e. The number of nitrogens with one attached hydrogen (secondary N) is 1. The van der Waals surface area contributed by atoms with Crippen LogP contribution in [0.15, 0.2) is 30.3 Å². The third-order valence-corrected chi connectivity index (χ3v) is 4.50. The molecule has 0 spiro atoms. The number of carbonyl (C=O) groups excluding carboxylic acids is 1. The van der Waals surface area contributed by atoms with Crippen LogP contribution in [0.1, 0.15) is 41.4 Å². The molecule has 4 heteroatoms. The largest absolute Gasteiger partial charge is 0.355 e. The Kier molecular flexibility index (Phi) is 4.51. The quantitative estimate of drug-likeness (QED) is 0.870. The van der Waals surface area contributed by atoms with Gasteiger partial charge in [-0.2, -0.15) is 0 Å². The second-order valence-corrected chi connectivity index (χ2v) is 6.40. The minimum absolute atomic E-state index is 0.0207. The third kappa shape index (κ3) is 3.81. The zero-order valence-electron chi connectivity index (χ0n) is 13.7. The molecule has 1 aliphatic rings. The molecule has 0 atom stereocenters. The van der Waals surface area contributed by atoms with Crippen molar-refractivity contribution in [2.24, 2.45) is 0 Å². The molecule has 1 heterocycles. The van der Waals surface area contributed by atoms with Crippen LogP contribution in [0.4, 0.5) is 4.39 Å². The zero-order chi connectivity index (χ0) is 16.4. The van der Waals surface area contributed by atoms with Gasteiger partial charge in [-0.3, -0.25) is 4.79 Å². The summed E-state index contributed by atoms with van der Waals surface area (Å²) in [6.07, 6.45) is 3.71. The number of carbonyl (C=O) groups is 1. The molecule has 1 saturated carbocycles. The predicted octanol–water partition coefficient (Wildman–Crippen LogP) is 3.48. The molecule has 1 aliphatic carbocycles. The van der Waals surface area contributed by atoms with Gasteiger partial charge in [-0.15, -0.1) is 0 Å². The molecule has 3 rings (SSSR count). The van der Waals surface area contributed by atoms with Gasteiger partial charge in [0.25, 0.3) is 0 Å². The van der Waals surface area contributed by atoms with Crippen LogP contribution in [0.5, 0.6) is 0 Å². The predicted molar refractivity (Wildman–Crippen MR) is 89.0 cm³/mol. The molecular weight excluding hydrogens is 291 g/mol. The van der Waals surface area contributed by atoms with Crippen molar-refractivity contribution in [3.8, 4) is 0 Å². The van der Waals surface area contributed by atoms with Crippen molar-refractivity contribution in [3.63, 3.8) is 0 Å². The summed E-state index contributed by atoms with van der Waals surface area (Å²) in [6, 6.07) is 9.00. The summed E-state index contributed by atoms with van der Waals surface area (Å²) in [7, 11) is 0. The van der Waals surface area contributed by atoms with Crippen LogP contribution in [0.2, 0.25) is 0 Å². The molecule has 1 fully saturated rings. The average molecular weight is 314 g/mol. The first kappa shape index (κ1) is 15.8. The lowest BCUT2D eigenvalue weighted by Gasteiger charge is -2.08. The molecule has 1 aromatic heterocycles. The molecule has 122 valence electrons. The lowest BCUT2D eigenvalue weighted by Crippen LogP contribution is -2.27. The average Bonchev–Trinajstić information content (AvgIpc) is 3.29. The minimum atomic E-state index is -0.278. The third-order valence-electron chi connectivity index (χ3n) is 4.50.